The van der Waals surface area contributed by atoms with Crippen LogP contribution in [0, 0.1) is 0 Å². The predicted octanol–water partition coefficient (Wildman–Crippen LogP) is 3.11. The molecule has 3 unspecified atom stereocenters. The summed E-state index contributed by atoms with van der Waals surface area (Å²) in [6, 6.07) is 13.1. The van der Waals surface area contributed by atoms with Crippen molar-refractivity contribution in [1.29, 1.82) is 0 Å². The Labute approximate surface area is 245 Å². The van der Waals surface area contributed by atoms with Gasteiger partial charge in [0.1, 0.15) is 23.8 Å². The first-order valence-electron chi connectivity index (χ1n) is 12.6. The molecule has 11 nitrogen and oxygen atoms in total. The molecule has 2 heterocycles. The summed E-state index contributed by atoms with van der Waals surface area (Å²) in [5, 5.41) is 5.90. The van der Waals surface area contributed by atoms with E-state index in [2.05, 4.69) is 10.6 Å². The first-order chi connectivity index (χ1) is 19.7. The molecule has 0 aromatic heterocycles. The summed E-state index contributed by atoms with van der Waals surface area (Å²) in [5.41, 5.74) is 1.34. The molecule has 0 bridgehead atoms. The fourth-order valence-electron chi connectivity index (χ4n) is 4.25. The summed E-state index contributed by atoms with van der Waals surface area (Å²) < 4.78 is 15.7. The van der Waals surface area contributed by atoms with Gasteiger partial charge in [-0.25, -0.2) is 4.79 Å². The Kier molecular flexibility index (Phi) is 9.95. The summed E-state index contributed by atoms with van der Waals surface area (Å²) >= 11 is 2.21. The summed E-state index contributed by atoms with van der Waals surface area (Å²) in [5.74, 6) is -1.32. The molecular formula is C28H29N3O8S2. The van der Waals surface area contributed by atoms with Crippen molar-refractivity contribution in [3.05, 3.63) is 76.8 Å². The zero-order valence-electron chi connectivity index (χ0n) is 22.5. The van der Waals surface area contributed by atoms with Gasteiger partial charge in [0.25, 0.3) is 17.6 Å². The highest BCUT2D eigenvalue weighted by molar-refractivity contribution is 8.14. The zero-order chi connectivity index (χ0) is 29.5. The third-order valence-electron chi connectivity index (χ3n) is 6.17. The molecule has 1 fully saturated rings. The largest absolute Gasteiger partial charge is 0.497 e. The fraction of sp³-hybridized carbons (Fsp3) is 0.321. The third-order valence-corrected chi connectivity index (χ3v) is 8.13. The van der Waals surface area contributed by atoms with Gasteiger partial charge < -0.3 is 29.7 Å². The molecule has 2 aromatic carbocycles. The number of thioether (sulfide) groups is 2. The lowest BCUT2D eigenvalue weighted by Gasteiger charge is -2.51. The number of methoxy groups -OCH3 is 1. The smallest absolute Gasteiger partial charge is 0.335 e. The van der Waals surface area contributed by atoms with E-state index in [4.69, 9.17) is 14.2 Å². The summed E-state index contributed by atoms with van der Waals surface area (Å²) in [4.78, 5) is 64.6. The molecule has 0 aliphatic carbocycles. The average molecular weight is 600 g/mol. The normalized spacial score (nSPS) is 20.1. The number of rotatable bonds is 11. The standard InChI is InChI=1S/C28H29N3O8S2/c1-16(2)41-28(36)29-20-14-40-26-21(30-24(33)23(39-15-32)18-7-5-4-6-8-18)25(34)31(26)22(20)27(35)38-13-17-9-11-19(37-3)12-10-17/h4-12,14-16,21-23,26H,13H2,1-3H3,(H,29,36)(H,30,33)/t21?,22?,23?,26-/m1/s1. The number of hydrogen-bond donors (Lipinski definition) is 2. The molecule has 216 valence electrons. The Morgan fingerprint density at radius 1 is 1.10 bits per heavy atom. The molecule has 0 spiro atoms. The van der Waals surface area contributed by atoms with Gasteiger partial charge in [-0.15, -0.1) is 11.8 Å². The Balaban J connectivity index is 1.51. The van der Waals surface area contributed by atoms with Crippen molar-refractivity contribution in [2.75, 3.05) is 7.11 Å². The monoisotopic (exact) mass is 599 g/mol. The molecule has 2 aliphatic heterocycles. The minimum absolute atomic E-state index is 0.00329. The second-order valence-electron chi connectivity index (χ2n) is 9.29. The van der Waals surface area contributed by atoms with Crippen LogP contribution in [-0.4, -0.2) is 64.2 Å². The second-order valence-corrected chi connectivity index (χ2v) is 11.8. The SMILES string of the molecule is COc1ccc(COC(=O)C2C(NC(=O)SC(C)C)=CS[C@@H]3C(NC(=O)C(OC=O)c4ccccc4)C(=O)N23)cc1. The summed E-state index contributed by atoms with van der Waals surface area (Å²) in [6.07, 6.45) is -1.26. The van der Waals surface area contributed by atoms with Crippen LogP contribution in [-0.2, 0) is 35.3 Å². The predicted molar refractivity (Wildman–Crippen MR) is 152 cm³/mol. The minimum atomic E-state index is -1.26. The number of ether oxygens (including phenoxy) is 3. The maximum atomic E-state index is 13.4. The first-order valence-corrected chi connectivity index (χ1v) is 14.4. The molecule has 3 amide bonds. The number of esters is 1. The number of β-lactam (4-membered cyclic amide) rings is 1. The maximum Gasteiger partial charge on any atom is 0.335 e. The van der Waals surface area contributed by atoms with Crippen molar-refractivity contribution in [1.82, 2.24) is 15.5 Å². The van der Waals surface area contributed by atoms with Gasteiger partial charge in [0, 0.05) is 10.8 Å². The summed E-state index contributed by atoms with van der Waals surface area (Å²) in [6.45, 7) is 3.81. The van der Waals surface area contributed by atoms with Crippen LogP contribution in [0.1, 0.15) is 31.1 Å². The van der Waals surface area contributed by atoms with Gasteiger partial charge in [-0.05, 0) is 23.1 Å². The summed E-state index contributed by atoms with van der Waals surface area (Å²) in [7, 11) is 1.54. The third kappa shape index (κ3) is 7.03. The lowest BCUT2D eigenvalue weighted by molar-refractivity contribution is -0.165. The van der Waals surface area contributed by atoms with Gasteiger partial charge in [-0.3, -0.25) is 19.2 Å². The topological polar surface area (TPSA) is 140 Å². The van der Waals surface area contributed by atoms with E-state index >= 15 is 0 Å². The van der Waals surface area contributed by atoms with Crippen LogP contribution in [0.3, 0.4) is 0 Å². The highest BCUT2D eigenvalue weighted by Crippen LogP contribution is 2.40. The fourth-order valence-corrected chi connectivity index (χ4v) is 6.03. The molecule has 4 atom stereocenters. The van der Waals surface area contributed by atoms with E-state index in [0.29, 0.717) is 16.9 Å². The number of hydrogen-bond acceptors (Lipinski definition) is 10. The lowest BCUT2D eigenvalue weighted by atomic mass is 10.00. The number of nitrogens with one attached hydrogen (secondary N) is 2. The van der Waals surface area contributed by atoms with Crippen molar-refractivity contribution in [3.8, 4) is 5.75 Å². The molecule has 0 radical (unpaired) electrons. The molecule has 41 heavy (non-hydrogen) atoms. The van der Waals surface area contributed by atoms with E-state index in [1.807, 2.05) is 13.8 Å². The number of nitrogens with zero attached hydrogens (tertiary/aromatic N) is 1. The van der Waals surface area contributed by atoms with Crippen molar-refractivity contribution >= 4 is 53.0 Å². The number of amides is 3. The van der Waals surface area contributed by atoms with Gasteiger partial charge in [0.15, 0.2) is 6.04 Å². The van der Waals surface area contributed by atoms with Crippen LogP contribution >= 0.6 is 23.5 Å². The number of carbonyl (C=O) groups is 5. The molecule has 4 rings (SSSR count). The molecular weight excluding hydrogens is 570 g/mol. The van der Waals surface area contributed by atoms with Gasteiger partial charge in [-0.2, -0.15) is 0 Å². The van der Waals surface area contributed by atoms with E-state index in [1.54, 1.807) is 67.1 Å². The van der Waals surface area contributed by atoms with Crippen LogP contribution in [0.5, 0.6) is 5.75 Å². The molecule has 0 saturated carbocycles. The minimum Gasteiger partial charge on any atom is -0.497 e. The lowest BCUT2D eigenvalue weighted by Crippen LogP contribution is -2.74. The van der Waals surface area contributed by atoms with E-state index in [0.717, 1.165) is 11.8 Å². The first kappa shape index (κ1) is 30.0. The zero-order valence-corrected chi connectivity index (χ0v) is 24.1. The molecule has 13 heteroatoms. The van der Waals surface area contributed by atoms with Crippen molar-refractivity contribution < 1.29 is 38.2 Å². The van der Waals surface area contributed by atoms with Gasteiger partial charge >= 0.3 is 5.97 Å². The Bertz CT molecular complexity index is 1320. The van der Waals surface area contributed by atoms with E-state index in [1.165, 1.54) is 16.7 Å². The van der Waals surface area contributed by atoms with Gasteiger partial charge in [0.2, 0.25) is 12.0 Å². The Morgan fingerprint density at radius 3 is 2.44 bits per heavy atom. The molecule has 2 aromatic rings. The van der Waals surface area contributed by atoms with Crippen molar-refractivity contribution in [2.24, 2.45) is 0 Å². The van der Waals surface area contributed by atoms with Crippen LogP contribution < -0.4 is 15.4 Å². The highest BCUT2D eigenvalue weighted by Gasteiger charge is 2.57. The van der Waals surface area contributed by atoms with Crippen LogP contribution in [0.4, 0.5) is 4.79 Å². The number of fused-ring (bicyclic) bond motifs is 1. The Morgan fingerprint density at radius 2 is 1.80 bits per heavy atom. The quantitative estimate of drug-likeness (QED) is 0.225. The van der Waals surface area contributed by atoms with Crippen LogP contribution in [0.2, 0.25) is 0 Å². The highest BCUT2D eigenvalue weighted by atomic mass is 32.2. The molecule has 2 N–H and O–H groups in total. The number of carbonyl (C=O) groups excluding carboxylic acids is 5. The van der Waals surface area contributed by atoms with Crippen LogP contribution in [0.25, 0.3) is 0 Å². The second kappa shape index (κ2) is 13.6. The van der Waals surface area contributed by atoms with Crippen molar-refractivity contribution in [2.45, 2.75) is 49.3 Å². The van der Waals surface area contributed by atoms with E-state index in [9.17, 15) is 24.0 Å². The van der Waals surface area contributed by atoms with E-state index < -0.39 is 41.3 Å². The van der Waals surface area contributed by atoms with Gasteiger partial charge in [0.05, 0.1) is 12.8 Å². The van der Waals surface area contributed by atoms with E-state index in [-0.39, 0.29) is 29.3 Å². The Hall–Kier alpha value is -3.97. The number of benzene rings is 2. The molecule has 1 saturated heterocycles. The maximum absolute atomic E-state index is 13.4. The van der Waals surface area contributed by atoms with Crippen molar-refractivity contribution in [3.63, 3.8) is 0 Å². The molecule has 2 aliphatic rings. The average Bonchev–Trinajstić information content (AvgIpc) is 2.97. The van der Waals surface area contributed by atoms with Crippen LogP contribution in [0.15, 0.2) is 65.7 Å². The van der Waals surface area contributed by atoms with Gasteiger partial charge in [-0.1, -0.05) is 68.1 Å².